The molecule has 0 aliphatic carbocycles. The molecule has 3 N–H and O–H groups in total. The molecule has 0 aliphatic heterocycles. The molecule has 1 rings (SSSR count). The number of nitrogens with one attached hydrogen (secondary N) is 3. The Hall–Kier alpha value is -1.89. The van der Waals surface area contributed by atoms with Crippen LogP contribution in [0, 0.1) is 0 Å². The Labute approximate surface area is 112 Å². The first kappa shape index (κ1) is 15.2. The average molecular weight is 267 g/mol. The van der Waals surface area contributed by atoms with Crippen molar-refractivity contribution in [1.82, 2.24) is 20.2 Å². The molecule has 0 radical (unpaired) electrons. The SMILES string of the molecule is CCCNC(=O)c1nc(NC(=O)CCNC)cn1C. The summed E-state index contributed by atoms with van der Waals surface area (Å²) in [6.45, 7) is 3.18. The van der Waals surface area contributed by atoms with Gasteiger partial charge >= 0.3 is 0 Å². The summed E-state index contributed by atoms with van der Waals surface area (Å²) in [7, 11) is 3.50. The van der Waals surface area contributed by atoms with Crippen LogP contribution in [-0.2, 0) is 11.8 Å². The van der Waals surface area contributed by atoms with Crippen LogP contribution in [0.3, 0.4) is 0 Å². The fraction of sp³-hybridized carbons (Fsp3) is 0.583. The maximum atomic E-state index is 11.8. The molecule has 1 heterocycles. The van der Waals surface area contributed by atoms with E-state index in [9.17, 15) is 9.59 Å². The highest BCUT2D eigenvalue weighted by Gasteiger charge is 2.14. The van der Waals surface area contributed by atoms with Crippen LogP contribution in [0.5, 0.6) is 0 Å². The van der Waals surface area contributed by atoms with Gasteiger partial charge in [0.15, 0.2) is 5.82 Å². The first-order valence-electron chi connectivity index (χ1n) is 6.34. The summed E-state index contributed by atoms with van der Waals surface area (Å²) >= 11 is 0. The van der Waals surface area contributed by atoms with Gasteiger partial charge in [0.25, 0.3) is 5.91 Å². The molecule has 0 aromatic carbocycles. The Morgan fingerprint density at radius 3 is 2.74 bits per heavy atom. The second-order valence-electron chi connectivity index (χ2n) is 4.22. The Morgan fingerprint density at radius 2 is 2.11 bits per heavy atom. The maximum absolute atomic E-state index is 11.8. The Bertz CT molecular complexity index is 441. The molecule has 0 saturated heterocycles. The molecule has 1 aromatic rings. The number of nitrogens with zero attached hydrogens (tertiary/aromatic N) is 2. The third-order valence-electron chi connectivity index (χ3n) is 2.48. The van der Waals surface area contributed by atoms with Gasteiger partial charge < -0.3 is 20.5 Å². The average Bonchev–Trinajstić information content (AvgIpc) is 2.74. The number of hydrogen-bond acceptors (Lipinski definition) is 4. The lowest BCUT2D eigenvalue weighted by Gasteiger charge is -2.02. The number of anilines is 1. The highest BCUT2D eigenvalue weighted by molar-refractivity contribution is 5.93. The van der Waals surface area contributed by atoms with Crippen molar-refractivity contribution in [2.45, 2.75) is 19.8 Å². The molecule has 0 aliphatic rings. The van der Waals surface area contributed by atoms with E-state index in [0.29, 0.717) is 25.3 Å². The van der Waals surface area contributed by atoms with Gasteiger partial charge in [-0.3, -0.25) is 9.59 Å². The van der Waals surface area contributed by atoms with Gasteiger partial charge in [0, 0.05) is 32.8 Å². The van der Waals surface area contributed by atoms with Crippen LogP contribution < -0.4 is 16.0 Å². The molecule has 0 fully saturated rings. The molecule has 7 nitrogen and oxygen atoms in total. The molecular formula is C12H21N5O2. The van der Waals surface area contributed by atoms with Gasteiger partial charge in [-0.05, 0) is 13.5 Å². The monoisotopic (exact) mass is 267 g/mol. The van der Waals surface area contributed by atoms with Gasteiger partial charge in [0.2, 0.25) is 11.7 Å². The van der Waals surface area contributed by atoms with Crippen LogP contribution in [0.4, 0.5) is 5.82 Å². The summed E-state index contributed by atoms with van der Waals surface area (Å²) < 4.78 is 1.60. The topological polar surface area (TPSA) is 88.1 Å². The zero-order valence-corrected chi connectivity index (χ0v) is 11.6. The number of carbonyl (C=O) groups is 2. The number of aryl methyl sites for hydroxylation is 1. The van der Waals surface area contributed by atoms with E-state index < -0.39 is 0 Å². The summed E-state index contributed by atoms with van der Waals surface area (Å²) in [5, 5.41) is 8.30. The van der Waals surface area contributed by atoms with Crippen molar-refractivity contribution in [3.8, 4) is 0 Å². The Morgan fingerprint density at radius 1 is 1.37 bits per heavy atom. The fourth-order valence-electron chi connectivity index (χ4n) is 1.50. The zero-order chi connectivity index (χ0) is 14.3. The predicted molar refractivity (Wildman–Crippen MR) is 73.0 cm³/mol. The summed E-state index contributed by atoms with van der Waals surface area (Å²) in [5.41, 5.74) is 0. The van der Waals surface area contributed by atoms with E-state index in [4.69, 9.17) is 0 Å². The first-order valence-corrected chi connectivity index (χ1v) is 6.34. The molecule has 19 heavy (non-hydrogen) atoms. The minimum Gasteiger partial charge on any atom is -0.349 e. The number of rotatable bonds is 7. The molecule has 2 amide bonds. The molecule has 0 spiro atoms. The second kappa shape index (κ2) is 7.52. The lowest BCUT2D eigenvalue weighted by Crippen LogP contribution is -2.26. The van der Waals surface area contributed by atoms with Gasteiger partial charge in [-0.15, -0.1) is 0 Å². The summed E-state index contributed by atoms with van der Waals surface area (Å²) in [5.74, 6) is 0.315. The van der Waals surface area contributed by atoms with E-state index in [1.807, 2.05) is 6.92 Å². The van der Waals surface area contributed by atoms with Crippen molar-refractivity contribution >= 4 is 17.6 Å². The van der Waals surface area contributed by atoms with E-state index in [1.165, 1.54) is 0 Å². The smallest absolute Gasteiger partial charge is 0.287 e. The number of carbonyl (C=O) groups excluding carboxylic acids is 2. The lowest BCUT2D eigenvalue weighted by atomic mass is 10.4. The maximum Gasteiger partial charge on any atom is 0.287 e. The van der Waals surface area contributed by atoms with Crippen LogP contribution in [0.2, 0.25) is 0 Å². The van der Waals surface area contributed by atoms with E-state index in [0.717, 1.165) is 6.42 Å². The summed E-state index contributed by atoms with van der Waals surface area (Å²) in [6, 6.07) is 0. The summed E-state index contributed by atoms with van der Waals surface area (Å²) in [4.78, 5) is 27.4. The van der Waals surface area contributed by atoms with Crippen molar-refractivity contribution in [2.75, 3.05) is 25.5 Å². The Balaban J connectivity index is 2.63. The second-order valence-corrected chi connectivity index (χ2v) is 4.22. The molecular weight excluding hydrogens is 246 g/mol. The normalized spacial score (nSPS) is 10.3. The van der Waals surface area contributed by atoms with Gasteiger partial charge in [0.1, 0.15) is 0 Å². The highest BCUT2D eigenvalue weighted by Crippen LogP contribution is 2.07. The quantitative estimate of drug-likeness (QED) is 0.654. The third kappa shape index (κ3) is 4.70. The van der Waals surface area contributed by atoms with Crippen molar-refractivity contribution in [3.63, 3.8) is 0 Å². The summed E-state index contributed by atoms with van der Waals surface area (Å²) in [6.07, 6.45) is 2.85. The molecule has 0 atom stereocenters. The van der Waals surface area contributed by atoms with E-state index in [1.54, 1.807) is 24.9 Å². The number of amides is 2. The van der Waals surface area contributed by atoms with Crippen molar-refractivity contribution in [2.24, 2.45) is 7.05 Å². The van der Waals surface area contributed by atoms with Gasteiger partial charge in [-0.25, -0.2) is 4.98 Å². The first-order chi connectivity index (χ1) is 9.08. The van der Waals surface area contributed by atoms with Gasteiger partial charge in [-0.2, -0.15) is 0 Å². The minimum atomic E-state index is -0.236. The van der Waals surface area contributed by atoms with Crippen LogP contribution in [0.15, 0.2) is 6.20 Å². The zero-order valence-electron chi connectivity index (χ0n) is 11.6. The molecule has 7 heteroatoms. The van der Waals surface area contributed by atoms with Crippen LogP contribution in [0.1, 0.15) is 30.4 Å². The van der Waals surface area contributed by atoms with Crippen LogP contribution >= 0.6 is 0 Å². The molecule has 0 saturated carbocycles. The minimum absolute atomic E-state index is 0.132. The fourth-order valence-corrected chi connectivity index (χ4v) is 1.50. The van der Waals surface area contributed by atoms with Crippen molar-refractivity contribution < 1.29 is 9.59 Å². The van der Waals surface area contributed by atoms with Crippen LogP contribution in [-0.4, -0.2) is 41.5 Å². The van der Waals surface area contributed by atoms with Gasteiger partial charge in [0.05, 0.1) is 0 Å². The molecule has 0 unspecified atom stereocenters. The lowest BCUT2D eigenvalue weighted by molar-refractivity contribution is -0.116. The third-order valence-corrected chi connectivity index (χ3v) is 2.48. The van der Waals surface area contributed by atoms with Crippen molar-refractivity contribution in [3.05, 3.63) is 12.0 Å². The number of hydrogen-bond donors (Lipinski definition) is 3. The Kier molecular flexibility index (Phi) is 6.01. The van der Waals surface area contributed by atoms with E-state index >= 15 is 0 Å². The predicted octanol–water partition coefficient (Wildman–Crippen LogP) is 0.108. The van der Waals surface area contributed by atoms with Gasteiger partial charge in [-0.1, -0.05) is 6.92 Å². The van der Waals surface area contributed by atoms with Crippen LogP contribution in [0.25, 0.3) is 0 Å². The highest BCUT2D eigenvalue weighted by atomic mass is 16.2. The standard InChI is InChI=1S/C12H21N5O2/c1-4-6-14-12(19)11-16-9(8-17(11)3)15-10(18)5-7-13-2/h8,13H,4-7H2,1-3H3,(H,14,19)(H,15,18). The molecule has 1 aromatic heterocycles. The molecule has 106 valence electrons. The van der Waals surface area contributed by atoms with E-state index in [-0.39, 0.29) is 17.6 Å². The van der Waals surface area contributed by atoms with E-state index in [2.05, 4.69) is 20.9 Å². The number of aromatic nitrogens is 2. The number of imidazole rings is 1. The molecule has 0 bridgehead atoms. The van der Waals surface area contributed by atoms with Crippen molar-refractivity contribution in [1.29, 1.82) is 0 Å². The largest absolute Gasteiger partial charge is 0.349 e.